The van der Waals surface area contributed by atoms with Crippen molar-refractivity contribution in [1.29, 1.82) is 5.26 Å². The summed E-state index contributed by atoms with van der Waals surface area (Å²) in [5.74, 6) is -2.99. The number of carbonyl (C=O) groups excluding carboxylic acids is 2. The van der Waals surface area contributed by atoms with E-state index in [-0.39, 0.29) is 24.6 Å². The van der Waals surface area contributed by atoms with Crippen LogP contribution in [-0.4, -0.2) is 18.4 Å². The van der Waals surface area contributed by atoms with E-state index < -0.39 is 23.5 Å². The fourth-order valence-electron chi connectivity index (χ4n) is 2.69. The van der Waals surface area contributed by atoms with Crippen molar-refractivity contribution in [1.82, 2.24) is 0 Å². The number of nitriles is 1. The standard InChI is InChI=1S/C18H13F2N3O2/c19-13-3-6-16(15(20)8-13)23-10-12(7-17(23)24)18(25)22-14-4-1-11(9-21)2-5-14/h1-6,8,12H,7,10H2,(H,22,25). The van der Waals surface area contributed by atoms with Crippen molar-refractivity contribution < 1.29 is 18.4 Å². The number of nitrogens with one attached hydrogen (secondary N) is 1. The van der Waals surface area contributed by atoms with Gasteiger partial charge in [0.2, 0.25) is 11.8 Å². The van der Waals surface area contributed by atoms with Crippen molar-refractivity contribution in [2.45, 2.75) is 6.42 Å². The molecule has 1 atom stereocenters. The summed E-state index contributed by atoms with van der Waals surface area (Å²) < 4.78 is 26.9. The molecule has 2 aromatic carbocycles. The van der Waals surface area contributed by atoms with Crippen LogP contribution in [0.2, 0.25) is 0 Å². The monoisotopic (exact) mass is 341 g/mol. The molecule has 1 N–H and O–H groups in total. The molecule has 5 nitrogen and oxygen atoms in total. The van der Waals surface area contributed by atoms with Crippen molar-refractivity contribution >= 4 is 23.2 Å². The molecule has 1 unspecified atom stereocenters. The Morgan fingerprint density at radius 3 is 2.56 bits per heavy atom. The Balaban J connectivity index is 1.71. The Hall–Kier alpha value is -3.27. The Bertz CT molecular complexity index is 875. The molecule has 1 saturated heterocycles. The number of amides is 2. The predicted molar refractivity (Wildman–Crippen MR) is 86.6 cm³/mol. The third-order valence-electron chi connectivity index (χ3n) is 3.98. The molecule has 1 fully saturated rings. The maximum Gasteiger partial charge on any atom is 0.229 e. The quantitative estimate of drug-likeness (QED) is 0.933. The lowest BCUT2D eigenvalue weighted by atomic mass is 10.1. The molecule has 1 heterocycles. The number of hydrogen-bond donors (Lipinski definition) is 1. The van der Waals surface area contributed by atoms with Crippen LogP contribution in [0.25, 0.3) is 0 Å². The van der Waals surface area contributed by atoms with E-state index in [9.17, 15) is 18.4 Å². The topological polar surface area (TPSA) is 73.2 Å². The first-order valence-corrected chi connectivity index (χ1v) is 7.54. The second kappa shape index (κ2) is 6.69. The van der Waals surface area contributed by atoms with E-state index in [1.807, 2.05) is 6.07 Å². The third kappa shape index (κ3) is 3.48. The Morgan fingerprint density at radius 1 is 1.20 bits per heavy atom. The number of anilines is 2. The molecule has 1 aliphatic rings. The normalized spacial score (nSPS) is 16.6. The molecule has 0 bridgehead atoms. The Labute approximate surface area is 142 Å². The number of nitrogens with zero attached hydrogens (tertiary/aromatic N) is 2. The zero-order valence-corrected chi connectivity index (χ0v) is 13.0. The highest BCUT2D eigenvalue weighted by Crippen LogP contribution is 2.28. The Morgan fingerprint density at radius 2 is 1.92 bits per heavy atom. The Kier molecular flexibility index (Phi) is 4.44. The average molecular weight is 341 g/mol. The fraction of sp³-hybridized carbons (Fsp3) is 0.167. The van der Waals surface area contributed by atoms with Crippen LogP contribution in [0.1, 0.15) is 12.0 Å². The number of rotatable bonds is 3. The first-order chi connectivity index (χ1) is 12.0. The molecule has 1 aliphatic heterocycles. The van der Waals surface area contributed by atoms with Gasteiger partial charge in [0.25, 0.3) is 0 Å². The minimum atomic E-state index is -0.846. The van der Waals surface area contributed by atoms with Crippen LogP contribution in [0.15, 0.2) is 42.5 Å². The number of hydrogen-bond acceptors (Lipinski definition) is 3. The second-order valence-corrected chi connectivity index (χ2v) is 5.68. The zero-order valence-electron chi connectivity index (χ0n) is 13.0. The van der Waals surface area contributed by atoms with Crippen LogP contribution < -0.4 is 10.2 Å². The summed E-state index contributed by atoms with van der Waals surface area (Å²) in [6.07, 6.45) is -0.0566. The first-order valence-electron chi connectivity index (χ1n) is 7.54. The van der Waals surface area contributed by atoms with Crippen molar-refractivity contribution in [2.24, 2.45) is 5.92 Å². The summed E-state index contributed by atoms with van der Waals surface area (Å²) in [6.45, 7) is 0.0174. The number of halogens is 2. The van der Waals surface area contributed by atoms with E-state index in [0.29, 0.717) is 17.3 Å². The van der Waals surface area contributed by atoms with Gasteiger partial charge >= 0.3 is 0 Å². The average Bonchev–Trinajstić information content (AvgIpc) is 2.97. The highest BCUT2D eigenvalue weighted by atomic mass is 19.1. The summed E-state index contributed by atoms with van der Waals surface area (Å²) in [6, 6.07) is 11.2. The van der Waals surface area contributed by atoms with Gasteiger partial charge in [0.15, 0.2) is 0 Å². The molecule has 0 aliphatic carbocycles. The second-order valence-electron chi connectivity index (χ2n) is 5.68. The van der Waals surface area contributed by atoms with Gasteiger partial charge in [-0.15, -0.1) is 0 Å². The molecular formula is C18H13F2N3O2. The lowest BCUT2D eigenvalue weighted by Gasteiger charge is -2.17. The van der Waals surface area contributed by atoms with Crippen molar-refractivity contribution in [3.8, 4) is 6.07 Å². The van der Waals surface area contributed by atoms with Crippen molar-refractivity contribution in [3.63, 3.8) is 0 Å². The highest BCUT2D eigenvalue weighted by Gasteiger charge is 2.36. The third-order valence-corrected chi connectivity index (χ3v) is 3.98. The maximum absolute atomic E-state index is 13.9. The lowest BCUT2D eigenvalue weighted by Crippen LogP contribution is -2.28. The minimum Gasteiger partial charge on any atom is -0.326 e. The van der Waals surface area contributed by atoms with Gasteiger partial charge in [0.1, 0.15) is 11.6 Å². The van der Waals surface area contributed by atoms with E-state index in [1.54, 1.807) is 24.3 Å². The molecule has 0 spiro atoms. The van der Waals surface area contributed by atoms with Crippen molar-refractivity contribution in [3.05, 3.63) is 59.7 Å². The fourth-order valence-corrected chi connectivity index (χ4v) is 2.69. The molecule has 2 amide bonds. The van der Waals surface area contributed by atoms with Gasteiger partial charge in [-0.25, -0.2) is 8.78 Å². The van der Waals surface area contributed by atoms with Crippen molar-refractivity contribution in [2.75, 3.05) is 16.8 Å². The van der Waals surface area contributed by atoms with Crippen LogP contribution in [0, 0.1) is 28.9 Å². The van der Waals surface area contributed by atoms with Crippen LogP contribution in [-0.2, 0) is 9.59 Å². The van der Waals surface area contributed by atoms with E-state index in [1.165, 1.54) is 6.07 Å². The van der Waals surface area contributed by atoms with Gasteiger partial charge in [-0.05, 0) is 36.4 Å². The van der Waals surface area contributed by atoms with Gasteiger partial charge in [0, 0.05) is 24.7 Å². The molecule has 0 radical (unpaired) electrons. The molecule has 0 saturated carbocycles. The smallest absolute Gasteiger partial charge is 0.229 e. The van der Waals surface area contributed by atoms with Gasteiger partial charge in [-0.2, -0.15) is 5.26 Å². The summed E-state index contributed by atoms with van der Waals surface area (Å²) in [5, 5.41) is 11.4. The van der Waals surface area contributed by atoms with E-state index in [2.05, 4.69) is 5.32 Å². The van der Waals surface area contributed by atoms with Crippen LogP contribution in [0.5, 0.6) is 0 Å². The molecular weight excluding hydrogens is 328 g/mol. The number of carbonyl (C=O) groups is 2. The summed E-state index contributed by atoms with van der Waals surface area (Å²) in [7, 11) is 0. The maximum atomic E-state index is 13.9. The predicted octanol–water partition coefficient (Wildman–Crippen LogP) is 2.83. The van der Waals surface area contributed by atoms with Crippen LogP contribution in [0.3, 0.4) is 0 Å². The van der Waals surface area contributed by atoms with Gasteiger partial charge < -0.3 is 10.2 Å². The molecule has 7 heteroatoms. The van der Waals surface area contributed by atoms with Crippen LogP contribution in [0.4, 0.5) is 20.2 Å². The SMILES string of the molecule is N#Cc1ccc(NC(=O)C2CC(=O)N(c3ccc(F)cc3F)C2)cc1. The molecule has 3 rings (SSSR count). The molecule has 0 aromatic heterocycles. The molecule has 126 valence electrons. The molecule has 2 aromatic rings. The summed E-state index contributed by atoms with van der Waals surface area (Å²) >= 11 is 0. The largest absolute Gasteiger partial charge is 0.326 e. The number of benzene rings is 2. The van der Waals surface area contributed by atoms with E-state index in [4.69, 9.17) is 5.26 Å². The molecule has 25 heavy (non-hydrogen) atoms. The lowest BCUT2D eigenvalue weighted by molar-refractivity contribution is -0.122. The van der Waals surface area contributed by atoms with E-state index >= 15 is 0 Å². The minimum absolute atomic E-state index is 0.0174. The van der Waals surface area contributed by atoms with Gasteiger partial charge in [-0.1, -0.05) is 0 Å². The summed E-state index contributed by atoms with van der Waals surface area (Å²) in [4.78, 5) is 25.6. The van der Waals surface area contributed by atoms with Crippen LogP contribution >= 0.6 is 0 Å². The first kappa shape index (κ1) is 16.6. The summed E-state index contributed by atoms with van der Waals surface area (Å²) in [5.41, 5.74) is 0.926. The van der Waals surface area contributed by atoms with E-state index in [0.717, 1.165) is 11.0 Å². The zero-order chi connectivity index (χ0) is 18.0. The highest BCUT2D eigenvalue weighted by molar-refractivity contribution is 6.03. The van der Waals surface area contributed by atoms with Gasteiger partial charge in [-0.3, -0.25) is 9.59 Å². The van der Waals surface area contributed by atoms with Gasteiger partial charge in [0.05, 0.1) is 23.2 Å².